The monoisotopic (exact) mass is 535 g/mol. The van der Waals surface area contributed by atoms with Gasteiger partial charge in [-0.2, -0.15) is 18.3 Å². The summed E-state index contributed by atoms with van der Waals surface area (Å²) in [5, 5.41) is 18.2. The Morgan fingerprint density at radius 3 is 2.46 bits per heavy atom. The average Bonchev–Trinajstić information content (AvgIpc) is 3.66. The Morgan fingerprint density at radius 1 is 1.03 bits per heavy atom. The van der Waals surface area contributed by atoms with Crippen LogP contribution in [-0.4, -0.2) is 25.8 Å². The highest BCUT2D eigenvalue weighted by atomic mass is 19.4. The normalized spacial score (nSPS) is 15.1. The smallest absolute Gasteiger partial charge is 0.380 e. The van der Waals surface area contributed by atoms with Crippen molar-refractivity contribution in [3.05, 3.63) is 107 Å². The summed E-state index contributed by atoms with van der Waals surface area (Å²) >= 11 is 0. The Kier molecular flexibility index (Phi) is 7.24. The topological polar surface area (TPSA) is 106 Å². The molecule has 0 bridgehead atoms. The Bertz CT molecular complexity index is 1470. The van der Waals surface area contributed by atoms with E-state index in [1.807, 2.05) is 0 Å². The van der Waals surface area contributed by atoms with Crippen LogP contribution in [0.1, 0.15) is 58.6 Å². The maximum Gasteiger partial charge on any atom is 0.435 e. The number of nitrogens with two attached hydrogens (primary N) is 1. The van der Waals surface area contributed by atoms with Crippen molar-refractivity contribution < 1.29 is 23.1 Å². The number of pyridine rings is 1. The summed E-state index contributed by atoms with van der Waals surface area (Å²) in [6.45, 7) is 0.177. The number of hydrogen-bond donors (Lipinski definition) is 3. The van der Waals surface area contributed by atoms with E-state index in [0.717, 1.165) is 30.0 Å². The van der Waals surface area contributed by atoms with Crippen molar-refractivity contribution in [3.8, 4) is 5.69 Å². The fourth-order valence-electron chi connectivity index (χ4n) is 4.65. The maximum absolute atomic E-state index is 13.6. The van der Waals surface area contributed by atoms with Gasteiger partial charge in [-0.25, -0.2) is 4.68 Å². The van der Waals surface area contributed by atoms with Gasteiger partial charge in [0.25, 0.3) is 5.91 Å². The Morgan fingerprint density at radius 2 is 1.77 bits per heavy atom. The number of hydrogen-bond acceptors (Lipinski definition) is 5. The van der Waals surface area contributed by atoms with Crippen molar-refractivity contribution in [1.82, 2.24) is 14.8 Å². The third-order valence-electron chi connectivity index (χ3n) is 6.99. The van der Waals surface area contributed by atoms with Crippen LogP contribution >= 0.6 is 0 Å². The number of rotatable bonds is 9. The van der Waals surface area contributed by atoms with Crippen molar-refractivity contribution in [2.24, 2.45) is 11.7 Å². The molecule has 1 amide bonds. The van der Waals surface area contributed by atoms with Gasteiger partial charge in [-0.3, -0.25) is 9.78 Å². The molecule has 5 rings (SSSR count). The molecule has 4 aromatic rings. The van der Waals surface area contributed by atoms with Gasteiger partial charge in [-0.1, -0.05) is 37.1 Å². The predicted octanol–water partition coefficient (Wildman–Crippen LogP) is 5.42. The van der Waals surface area contributed by atoms with Crippen molar-refractivity contribution in [2.75, 3.05) is 5.32 Å². The first-order valence-corrected chi connectivity index (χ1v) is 12.7. The lowest BCUT2D eigenvalue weighted by Crippen LogP contribution is -2.28. The van der Waals surface area contributed by atoms with Crippen LogP contribution in [-0.2, 0) is 18.3 Å². The first-order chi connectivity index (χ1) is 18.7. The van der Waals surface area contributed by atoms with E-state index >= 15 is 0 Å². The molecule has 1 saturated carbocycles. The number of amides is 1. The summed E-state index contributed by atoms with van der Waals surface area (Å²) in [6.07, 6.45) is 2.10. The fourth-order valence-corrected chi connectivity index (χ4v) is 4.65. The lowest BCUT2D eigenvalue weighted by Gasteiger charge is -2.30. The van der Waals surface area contributed by atoms with E-state index < -0.39 is 23.4 Å². The SMILES string of the molecule is NCc1cccc(-n2nc(C(F)(F)F)cc2C(=O)Nc2cccc(C(O)(CCC3CC3)c3ccncc3)c2)c1. The third-order valence-corrected chi connectivity index (χ3v) is 6.99. The number of alkyl halides is 3. The summed E-state index contributed by atoms with van der Waals surface area (Å²) in [4.78, 5) is 17.4. The van der Waals surface area contributed by atoms with Gasteiger partial charge in [-0.05, 0) is 71.8 Å². The summed E-state index contributed by atoms with van der Waals surface area (Å²) in [6, 6.07) is 17.5. The summed E-state index contributed by atoms with van der Waals surface area (Å²) in [5.74, 6) is -0.194. The molecular weight excluding hydrogens is 507 g/mol. The number of nitrogens with one attached hydrogen (secondary N) is 1. The molecule has 0 radical (unpaired) electrons. The molecule has 0 saturated heterocycles. The molecule has 10 heteroatoms. The highest BCUT2D eigenvalue weighted by Gasteiger charge is 2.37. The number of anilines is 1. The van der Waals surface area contributed by atoms with Gasteiger partial charge >= 0.3 is 6.18 Å². The van der Waals surface area contributed by atoms with Gasteiger partial charge in [0.15, 0.2) is 5.69 Å². The van der Waals surface area contributed by atoms with Crippen molar-refractivity contribution in [1.29, 1.82) is 0 Å². The maximum atomic E-state index is 13.6. The number of benzene rings is 2. The number of carbonyl (C=O) groups is 1. The second-order valence-corrected chi connectivity index (χ2v) is 9.81. The van der Waals surface area contributed by atoms with E-state index in [9.17, 15) is 23.1 Å². The second-order valence-electron chi connectivity index (χ2n) is 9.81. The Labute approximate surface area is 223 Å². The van der Waals surface area contributed by atoms with E-state index in [4.69, 9.17) is 5.73 Å². The lowest BCUT2D eigenvalue weighted by molar-refractivity contribution is -0.141. The lowest BCUT2D eigenvalue weighted by atomic mass is 9.82. The van der Waals surface area contributed by atoms with Gasteiger partial charge in [0.2, 0.25) is 0 Å². The molecule has 1 atom stereocenters. The van der Waals surface area contributed by atoms with Crippen LogP contribution in [0.2, 0.25) is 0 Å². The van der Waals surface area contributed by atoms with E-state index in [1.165, 1.54) is 0 Å². The number of halogens is 3. The van der Waals surface area contributed by atoms with Gasteiger partial charge in [0.05, 0.1) is 5.69 Å². The minimum atomic E-state index is -4.74. The standard InChI is InChI=1S/C29H28F3N5O2/c30-29(31,32)26-17-25(37(36-26)24-6-1-3-20(15-24)18-33)27(38)35-23-5-2-4-22(16-23)28(39,12-9-19-7-8-19)21-10-13-34-14-11-21/h1-6,10-11,13-17,19,39H,7-9,12,18,33H2,(H,35,38). The summed E-state index contributed by atoms with van der Waals surface area (Å²) in [5.41, 5.74) is 5.41. The molecule has 0 spiro atoms. The molecule has 0 aliphatic heterocycles. The molecule has 7 nitrogen and oxygen atoms in total. The Hall–Kier alpha value is -4.02. The molecule has 1 fully saturated rings. The molecule has 1 aliphatic rings. The molecule has 1 aliphatic carbocycles. The van der Waals surface area contributed by atoms with Crippen LogP contribution in [0, 0.1) is 5.92 Å². The minimum Gasteiger partial charge on any atom is -0.380 e. The van der Waals surface area contributed by atoms with Crippen LogP contribution in [0.3, 0.4) is 0 Å². The highest BCUT2D eigenvalue weighted by molar-refractivity contribution is 6.03. The highest BCUT2D eigenvalue weighted by Crippen LogP contribution is 2.41. The number of aliphatic hydroxyl groups is 1. The van der Waals surface area contributed by atoms with E-state index in [0.29, 0.717) is 34.7 Å². The predicted molar refractivity (Wildman–Crippen MR) is 140 cm³/mol. The summed E-state index contributed by atoms with van der Waals surface area (Å²) in [7, 11) is 0. The molecule has 2 aromatic heterocycles. The second kappa shape index (κ2) is 10.6. The number of aromatic nitrogens is 3. The zero-order valence-electron chi connectivity index (χ0n) is 21.0. The zero-order chi connectivity index (χ0) is 27.6. The molecular formula is C29H28F3N5O2. The Balaban J connectivity index is 1.48. The molecule has 2 heterocycles. The van der Waals surface area contributed by atoms with Crippen LogP contribution in [0.4, 0.5) is 18.9 Å². The average molecular weight is 536 g/mol. The van der Waals surface area contributed by atoms with E-state index in [-0.39, 0.29) is 17.9 Å². The van der Waals surface area contributed by atoms with Gasteiger partial charge < -0.3 is 16.2 Å². The molecule has 202 valence electrons. The molecule has 2 aromatic carbocycles. The van der Waals surface area contributed by atoms with Crippen LogP contribution in [0.15, 0.2) is 79.1 Å². The quantitative estimate of drug-likeness (QED) is 0.265. The van der Waals surface area contributed by atoms with E-state index in [1.54, 1.807) is 73.1 Å². The van der Waals surface area contributed by atoms with Crippen LogP contribution in [0.5, 0.6) is 0 Å². The van der Waals surface area contributed by atoms with E-state index in [2.05, 4.69) is 15.4 Å². The first-order valence-electron chi connectivity index (χ1n) is 12.7. The van der Waals surface area contributed by atoms with Gasteiger partial charge in [0, 0.05) is 30.7 Å². The van der Waals surface area contributed by atoms with Crippen molar-refractivity contribution in [2.45, 2.75) is 44.0 Å². The number of carbonyl (C=O) groups excluding carboxylic acids is 1. The van der Waals surface area contributed by atoms with Crippen LogP contribution in [0.25, 0.3) is 5.69 Å². The fraction of sp³-hybridized carbons (Fsp3) is 0.276. The number of nitrogens with zero attached hydrogens (tertiary/aromatic N) is 3. The first kappa shape index (κ1) is 26.6. The van der Waals surface area contributed by atoms with Crippen molar-refractivity contribution >= 4 is 11.6 Å². The van der Waals surface area contributed by atoms with Gasteiger partial charge in [0.1, 0.15) is 11.3 Å². The third kappa shape index (κ3) is 5.86. The van der Waals surface area contributed by atoms with Crippen LogP contribution < -0.4 is 11.1 Å². The van der Waals surface area contributed by atoms with Gasteiger partial charge in [-0.15, -0.1) is 0 Å². The van der Waals surface area contributed by atoms with Crippen molar-refractivity contribution in [3.63, 3.8) is 0 Å². The zero-order valence-corrected chi connectivity index (χ0v) is 21.0. The minimum absolute atomic E-state index is 0.177. The molecule has 1 unspecified atom stereocenters. The summed E-state index contributed by atoms with van der Waals surface area (Å²) < 4.78 is 41.6. The molecule has 39 heavy (non-hydrogen) atoms. The largest absolute Gasteiger partial charge is 0.435 e. The molecule has 4 N–H and O–H groups in total.